The van der Waals surface area contributed by atoms with E-state index in [-0.39, 0.29) is 18.1 Å². The molecule has 0 aliphatic carbocycles. The second-order valence-corrected chi connectivity index (χ2v) is 4.13. The minimum absolute atomic E-state index is 0.190. The molecule has 5 heteroatoms. The van der Waals surface area contributed by atoms with Gasteiger partial charge in [-0.05, 0) is 18.2 Å². The lowest BCUT2D eigenvalue weighted by Crippen LogP contribution is -2.04. The van der Waals surface area contributed by atoms with E-state index in [1.54, 1.807) is 24.3 Å². The summed E-state index contributed by atoms with van der Waals surface area (Å²) in [6.07, 6.45) is 0. The molecule has 0 heterocycles. The van der Waals surface area contributed by atoms with E-state index >= 15 is 0 Å². The van der Waals surface area contributed by atoms with Crippen molar-refractivity contribution in [2.24, 2.45) is 0 Å². The third kappa shape index (κ3) is 2.99. The Morgan fingerprint density at radius 3 is 2.45 bits per heavy atom. The summed E-state index contributed by atoms with van der Waals surface area (Å²) in [5, 5.41) is 3.01. The van der Waals surface area contributed by atoms with Crippen LogP contribution in [0.2, 0.25) is 0 Å². The number of nitrogens with one attached hydrogen (secondary N) is 1. The number of hydrogen-bond donors (Lipinski definition) is 1. The largest absolute Gasteiger partial charge is 0.494 e. The SMILES string of the molecule is COc1cc(F)ccc1NCc1cccc(OC)c1F. The fraction of sp³-hybridized carbons (Fsp3) is 0.200. The van der Waals surface area contributed by atoms with Gasteiger partial charge in [0.25, 0.3) is 0 Å². The van der Waals surface area contributed by atoms with Crippen molar-refractivity contribution in [3.8, 4) is 11.5 Å². The van der Waals surface area contributed by atoms with E-state index in [0.717, 1.165) is 0 Å². The van der Waals surface area contributed by atoms with Crippen molar-refractivity contribution in [3.05, 3.63) is 53.6 Å². The molecule has 20 heavy (non-hydrogen) atoms. The lowest BCUT2D eigenvalue weighted by Gasteiger charge is -2.12. The summed E-state index contributed by atoms with van der Waals surface area (Å²) >= 11 is 0. The first-order valence-corrected chi connectivity index (χ1v) is 6.04. The summed E-state index contributed by atoms with van der Waals surface area (Å²) in [4.78, 5) is 0. The highest BCUT2D eigenvalue weighted by Gasteiger charge is 2.09. The Morgan fingerprint density at radius 1 is 1.00 bits per heavy atom. The van der Waals surface area contributed by atoms with Crippen LogP contribution in [0.5, 0.6) is 11.5 Å². The van der Waals surface area contributed by atoms with Gasteiger partial charge in [-0.1, -0.05) is 12.1 Å². The van der Waals surface area contributed by atoms with E-state index in [1.807, 2.05) is 0 Å². The Morgan fingerprint density at radius 2 is 1.75 bits per heavy atom. The third-order valence-corrected chi connectivity index (χ3v) is 2.90. The first kappa shape index (κ1) is 14.1. The van der Waals surface area contributed by atoms with Crippen molar-refractivity contribution < 1.29 is 18.3 Å². The first-order valence-electron chi connectivity index (χ1n) is 6.04. The van der Waals surface area contributed by atoms with E-state index < -0.39 is 5.82 Å². The standard InChI is InChI=1S/C15H15F2NO2/c1-19-13-5-3-4-10(15(13)17)9-18-12-7-6-11(16)8-14(12)20-2/h3-8,18H,9H2,1-2H3. The van der Waals surface area contributed by atoms with Crippen LogP contribution in [0.1, 0.15) is 5.56 Å². The molecule has 0 saturated heterocycles. The van der Waals surface area contributed by atoms with Crippen molar-refractivity contribution in [1.82, 2.24) is 0 Å². The Kier molecular flexibility index (Phi) is 4.40. The highest BCUT2D eigenvalue weighted by molar-refractivity contribution is 5.56. The summed E-state index contributed by atoms with van der Waals surface area (Å²) in [5.74, 6) is -0.243. The summed E-state index contributed by atoms with van der Waals surface area (Å²) in [6.45, 7) is 0.241. The third-order valence-electron chi connectivity index (χ3n) is 2.90. The fourth-order valence-corrected chi connectivity index (χ4v) is 1.85. The van der Waals surface area contributed by atoms with Gasteiger partial charge in [-0.2, -0.15) is 0 Å². The molecule has 0 aromatic heterocycles. The zero-order chi connectivity index (χ0) is 14.5. The predicted molar refractivity (Wildman–Crippen MR) is 73.2 cm³/mol. The van der Waals surface area contributed by atoms with E-state index in [1.165, 1.54) is 26.4 Å². The Bertz CT molecular complexity index is 602. The molecule has 0 fully saturated rings. The van der Waals surface area contributed by atoms with Gasteiger partial charge in [-0.3, -0.25) is 0 Å². The molecule has 1 N–H and O–H groups in total. The molecule has 2 rings (SSSR count). The molecule has 3 nitrogen and oxygen atoms in total. The molecule has 0 unspecified atom stereocenters. The van der Waals surface area contributed by atoms with Gasteiger partial charge in [0.1, 0.15) is 11.6 Å². The molecule has 0 aliphatic heterocycles. The van der Waals surface area contributed by atoms with Crippen molar-refractivity contribution in [2.45, 2.75) is 6.54 Å². The Labute approximate surface area is 116 Å². The summed E-state index contributed by atoms with van der Waals surface area (Å²) in [6, 6.07) is 9.04. The summed E-state index contributed by atoms with van der Waals surface area (Å²) < 4.78 is 37.0. The lowest BCUT2D eigenvalue weighted by molar-refractivity contribution is 0.384. The Balaban J connectivity index is 2.17. The second kappa shape index (κ2) is 6.23. The van der Waals surface area contributed by atoms with Gasteiger partial charge in [0.05, 0.1) is 19.9 Å². The minimum atomic E-state index is -0.413. The van der Waals surface area contributed by atoms with Crippen molar-refractivity contribution in [1.29, 1.82) is 0 Å². The summed E-state index contributed by atoms with van der Waals surface area (Å²) in [7, 11) is 2.87. The van der Waals surface area contributed by atoms with Crippen LogP contribution >= 0.6 is 0 Å². The van der Waals surface area contributed by atoms with Gasteiger partial charge in [0.2, 0.25) is 0 Å². The van der Waals surface area contributed by atoms with Crippen LogP contribution in [-0.4, -0.2) is 14.2 Å². The maximum Gasteiger partial charge on any atom is 0.170 e. The zero-order valence-corrected chi connectivity index (χ0v) is 11.2. The zero-order valence-electron chi connectivity index (χ0n) is 11.2. The maximum absolute atomic E-state index is 14.0. The van der Waals surface area contributed by atoms with E-state index in [2.05, 4.69) is 5.32 Å². The molecule has 0 amide bonds. The van der Waals surface area contributed by atoms with Crippen LogP contribution < -0.4 is 14.8 Å². The Hall–Kier alpha value is -2.30. The number of methoxy groups -OCH3 is 2. The number of anilines is 1. The van der Waals surface area contributed by atoms with Gasteiger partial charge >= 0.3 is 0 Å². The van der Waals surface area contributed by atoms with Crippen molar-refractivity contribution in [3.63, 3.8) is 0 Å². The number of halogens is 2. The number of ether oxygens (including phenoxy) is 2. The van der Waals surface area contributed by atoms with Crippen molar-refractivity contribution >= 4 is 5.69 Å². The van der Waals surface area contributed by atoms with Crippen LogP contribution in [0.25, 0.3) is 0 Å². The number of hydrogen-bond acceptors (Lipinski definition) is 3. The molecular weight excluding hydrogens is 264 g/mol. The first-order chi connectivity index (χ1) is 9.65. The monoisotopic (exact) mass is 279 g/mol. The number of benzene rings is 2. The maximum atomic E-state index is 14.0. The topological polar surface area (TPSA) is 30.5 Å². The minimum Gasteiger partial charge on any atom is -0.494 e. The van der Waals surface area contributed by atoms with E-state index in [0.29, 0.717) is 17.0 Å². The van der Waals surface area contributed by atoms with Gasteiger partial charge in [-0.15, -0.1) is 0 Å². The summed E-state index contributed by atoms with van der Waals surface area (Å²) in [5.41, 5.74) is 1.05. The molecule has 106 valence electrons. The molecule has 0 spiro atoms. The molecule has 0 saturated carbocycles. The molecule has 0 bridgehead atoms. The van der Waals surface area contributed by atoms with Gasteiger partial charge in [0, 0.05) is 18.2 Å². The van der Waals surface area contributed by atoms with Gasteiger partial charge < -0.3 is 14.8 Å². The highest BCUT2D eigenvalue weighted by atomic mass is 19.1. The van der Waals surface area contributed by atoms with Crippen LogP contribution in [0.3, 0.4) is 0 Å². The average Bonchev–Trinajstić information content (AvgIpc) is 2.47. The molecule has 2 aromatic rings. The molecular formula is C15H15F2NO2. The molecule has 0 aliphatic rings. The molecule has 0 atom stereocenters. The van der Waals surface area contributed by atoms with Crippen LogP contribution in [0.4, 0.5) is 14.5 Å². The quantitative estimate of drug-likeness (QED) is 0.907. The van der Waals surface area contributed by atoms with E-state index in [9.17, 15) is 8.78 Å². The molecule has 0 radical (unpaired) electrons. The van der Waals surface area contributed by atoms with Crippen molar-refractivity contribution in [2.75, 3.05) is 19.5 Å². The normalized spacial score (nSPS) is 10.2. The highest BCUT2D eigenvalue weighted by Crippen LogP contribution is 2.26. The second-order valence-electron chi connectivity index (χ2n) is 4.13. The van der Waals surface area contributed by atoms with Gasteiger partial charge in [-0.25, -0.2) is 8.78 Å². The fourth-order valence-electron chi connectivity index (χ4n) is 1.85. The smallest absolute Gasteiger partial charge is 0.170 e. The van der Waals surface area contributed by atoms with Crippen LogP contribution in [0.15, 0.2) is 36.4 Å². The van der Waals surface area contributed by atoms with Crippen LogP contribution in [0, 0.1) is 11.6 Å². The van der Waals surface area contributed by atoms with Gasteiger partial charge in [0.15, 0.2) is 11.6 Å². The lowest BCUT2D eigenvalue weighted by atomic mass is 10.2. The average molecular weight is 279 g/mol. The van der Waals surface area contributed by atoms with E-state index in [4.69, 9.17) is 9.47 Å². The number of rotatable bonds is 5. The van der Waals surface area contributed by atoms with Crippen LogP contribution in [-0.2, 0) is 6.54 Å². The predicted octanol–water partition coefficient (Wildman–Crippen LogP) is 3.59. The molecule has 2 aromatic carbocycles.